The topological polar surface area (TPSA) is 171 Å². The number of likely N-dealkylation sites (tertiary alicyclic amines) is 1. The van der Waals surface area contributed by atoms with Gasteiger partial charge < -0.3 is 31.5 Å². The second kappa shape index (κ2) is 14.7. The Morgan fingerprint density at radius 2 is 1.50 bits per heavy atom. The third kappa shape index (κ3) is 9.66. The molecule has 12 nitrogen and oxygen atoms in total. The zero-order valence-electron chi connectivity index (χ0n) is 28.4. The van der Waals surface area contributed by atoms with E-state index >= 15 is 0 Å². The number of hydrogen-bond donors (Lipinski definition) is 4. The molecule has 1 unspecified atom stereocenters. The molecule has 2 aliphatic rings. The van der Waals surface area contributed by atoms with Crippen molar-refractivity contribution >= 4 is 35.4 Å². The highest BCUT2D eigenvalue weighted by atomic mass is 16.2. The van der Waals surface area contributed by atoms with Crippen LogP contribution in [0.25, 0.3) is 0 Å². The summed E-state index contributed by atoms with van der Waals surface area (Å²) in [5, 5.41) is 8.60. The van der Waals surface area contributed by atoms with Crippen molar-refractivity contribution in [2.45, 2.75) is 119 Å². The summed E-state index contributed by atoms with van der Waals surface area (Å²) in [6, 6.07) is -3.86. The zero-order chi connectivity index (χ0) is 33.7. The lowest BCUT2D eigenvalue weighted by Gasteiger charge is -2.38. The fourth-order valence-corrected chi connectivity index (χ4v) is 5.90. The number of carbonyl (C=O) groups is 6. The number of amides is 6. The van der Waals surface area contributed by atoms with Gasteiger partial charge in [0.2, 0.25) is 23.5 Å². The van der Waals surface area contributed by atoms with E-state index < -0.39 is 59.1 Å². The summed E-state index contributed by atoms with van der Waals surface area (Å²) in [6.07, 6.45) is 3.78. The number of likely N-dealkylation sites (N-methyl/N-ethyl adjacent to an activating group) is 1. The van der Waals surface area contributed by atoms with Gasteiger partial charge in [-0.2, -0.15) is 0 Å². The van der Waals surface area contributed by atoms with Crippen LogP contribution in [-0.2, 0) is 24.0 Å². The van der Waals surface area contributed by atoms with Crippen molar-refractivity contribution in [1.29, 1.82) is 0 Å². The second-order valence-electron chi connectivity index (χ2n) is 15.2. The summed E-state index contributed by atoms with van der Waals surface area (Å²) in [5.74, 6) is -2.87. The van der Waals surface area contributed by atoms with E-state index in [1.165, 1.54) is 16.7 Å². The number of ketones is 1. The lowest BCUT2D eigenvalue weighted by molar-refractivity contribution is -0.144. The number of nitrogens with two attached hydrogens (primary N) is 1. The van der Waals surface area contributed by atoms with Crippen LogP contribution in [-0.4, -0.2) is 89.5 Å². The van der Waals surface area contributed by atoms with Crippen LogP contribution in [0.2, 0.25) is 0 Å². The standard InChI is InChI=1S/C32H56N6O6/c1-18(2)21-14-15-38(24(21)28(42)34-22(25(40)27(33)41)16-20-12-11-13-20)29(43)26(32(7,8)9)36-30(44)35-23(31(4,5)6)17-37(10)19(3)39/h18,20-24,26H,11-17H2,1-10H3,(H2,33,41)(H,34,42)(H2,35,36,44)/t21-,22?,23-,24+,26-/m1/s1. The van der Waals surface area contributed by atoms with E-state index in [1.54, 1.807) is 7.05 Å². The van der Waals surface area contributed by atoms with E-state index in [1.807, 2.05) is 55.4 Å². The normalized spacial score (nSPS) is 21.1. The van der Waals surface area contributed by atoms with E-state index in [-0.39, 0.29) is 35.6 Å². The molecule has 44 heavy (non-hydrogen) atoms. The fourth-order valence-electron chi connectivity index (χ4n) is 5.90. The van der Waals surface area contributed by atoms with Gasteiger partial charge in [0, 0.05) is 27.1 Å². The van der Waals surface area contributed by atoms with Crippen molar-refractivity contribution in [3.8, 4) is 0 Å². The van der Waals surface area contributed by atoms with Crippen molar-refractivity contribution in [2.24, 2.45) is 34.3 Å². The maximum Gasteiger partial charge on any atom is 0.315 e. The summed E-state index contributed by atoms with van der Waals surface area (Å²) < 4.78 is 0. The average Bonchev–Trinajstić information content (AvgIpc) is 3.31. The summed E-state index contributed by atoms with van der Waals surface area (Å²) in [5.41, 5.74) is 4.22. The largest absolute Gasteiger partial charge is 0.363 e. The van der Waals surface area contributed by atoms with Crippen LogP contribution in [0.15, 0.2) is 0 Å². The molecule has 1 aliphatic carbocycles. The number of nitrogens with one attached hydrogen (secondary N) is 3. The number of primary amides is 1. The smallest absolute Gasteiger partial charge is 0.315 e. The van der Waals surface area contributed by atoms with Gasteiger partial charge in [0.05, 0.1) is 12.1 Å². The molecule has 1 saturated heterocycles. The van der Waals surface area contributed by atoms with Crippen LogP contribution in [0, 0.1) is 28.6 Å². The van der Waals surface area contributed by atoms with Crippen molar-refractivity contribution in [2.75, 3.05) is 20.1 Å². The summed E-state index contributed by atoms with van der Waals surface area (Å²) in [6.45, 7) is 17.4. The van der Waals surface area contributed by atoms with Gasteiger partial charge in [0.25, 0.3) is 5.91 Å². The molecule has 0 aromatic carbocycles. The summed E-state index contributed by atoms with van der Waals surface area (Å²) in [7, 11) is 1.67. The van der Waals surface area contributed by atoms with Gasteiger partial charge in [-0.05, 0) is 41.4 Å². The van der Waals surface area contributed by atoms with Gasteiger partial charge in [-0.1, -0.05) is 74.7 Å². The molecular formula is C32H56N6O6. The van der Waals surface area contributed by atoms with Crippen molar-refractivity contribution < 1.29 is 28.8 Å². The predicted octanol–water partition coefficient (Wildman–Crippen LogP) is 2.20. The number of Topliss-reactive ketones (excluding diaryl/α,β-unsaturated/α-hetero) is 1. The van der Waals surface area contributed by atoms with Crippen LogP contribution in [0.3, 0.4) is 0 Å². The highest BCUT2D eigenvalue weighted by Crippen LogP contribution is 2.34. The first-order chi connectivity index (χ1) is 20.1. The molecule has 2 rings (SSSR count). The minimum Gasteiger partial charge on any atom is -0.363 e. The monoisotopic (exact) mass is 620 g/mol. The third-order valence-electron chi connectivity index (χ3n) is 9.26. The molecule has 6 amide bonds. The number of rotatable bonds is 12. The minimum atomic E-state index is -1.10. The summed E-state index contributed by atoms with van der Waals surface area (Å²) >= 11 is 0. The van der Waals surface area contributed by atoms with E-state index in [9.17, 15) is 28.8 Å². The Kier molecular flexibility index (Phi) is 12.4. The molecule has 0 aromatic heterocycles. The van der Waals surface area contributed by atoms with Gasteiger partial charge in [0.1, 0.15) is 12.1 Å². The quantitative estimate of drug-likeness (QED) is 0.244. The van der Waals surface area contributed by atoms with E-state index in [2.05, 4.69) is 16.0 Å². The van der Waals surface area contributed by atoms with Crippen molar-refractivity contribution in [1.82, 2.24) is 25.8 Å². The maximum absolute atomic E-state index is 14.2. The van der Waals surface area contributed by atoms with E-state index in [0.29, 0.717) is 19.4 Å². The zero-order valence-corrected chi connectivity index (χ0v) is 28.4. The first-order valence-electron chi connectivity index (χ1n) is 15.9. The molecule has 0 radical (unpaired) electrons. The number of urea groups is 1. The van der Waals surface area contributed by atoms with Crippen LogP contribution in [0.1, 0.15) is 94.4 Å². The predicted molar refractivity (Wildman–Crippen MR) is 168 cm³/mol. The Morgan fingerprint density at radius 3 is 1.93 bits per heavy atom. The molecule has 1 aliphatic heterocycles. The third-order valence-corrected chi connectivity index (χ3v) is 9.26. The van der Waals surface area contributed by atoms with Gasteiger partial charge in [0.15, 0.2) is 0 Å². The lowest BCUT2D eigenvalue weighted by Crippen LogP contribution is -2.62. The number of carbonyl (C=O) groups excluding carboxylic acids is 6. The molecule has 12 heteroatoms. The molecule has 250 valence electrons. The maximum atomic E-state index is 14.2. The molecule has 5 N–H and O–H groups in total. The number of nitrogens with zero attached hydrogens (tertiary/aromatic N) is 2. The van der Waals surface area contributed by atoms with Gasteiger partial charge >= 0.3 is 6.03 Å². The van der Waals surface area contributed by atoms with Gasteiger partial charge in [-0.25, -0.2) is 4.79 Å². The fraction of sp³-hybridized carbons (Fsp3) is 0.812. The Bertz CT molecular complexity index is 1090. The van der Waals surface area contributed by atoms with Crippen molar-refractivity contribution in [3.63, 3.8) is 0 Å². The molecule has 0 spiro atoms. The van der Waals surface area contributed by atoms with Crippen LogP contribution >= 0.6 is 0 Å². The van der Waals surface area contributed by atoms with E-state index in [0.717, 1.165) is 19.3 Å². The van der Waals surface area contributed by atoms with Crippen molar-refractivity contribution in [3.05, 3.63) is 0 Å². The molecule has 5 atom stereocenters. The van der Waals surface area contributed by atoms with Crippen LogP contribution < -0.4 is 21.7 Å². The average molecular weight is 621 g/mol. The van der Waals surface area contributed by atoms with Gasteiger partial charge in [-0.3, -0.25) is 24.0 Å². The summed E-state index contributed by atoms with van der Waals surface area (Å²) in [4.78, 5) is 80.9. The first-order valence-corrected chi connectivity index (χ1v) is 15.9. The first kappa shape index (κ1) is 37.0. The van der Waals surface area contributed by atoms with Gasteiger partial charge in [-0.15, -0.1) is 0 Å². The lowest BCUT2D eigenvalue weighted by atomic mass is 9.80. The molecule has 2 fully saturated rings. The minimum absolute atomic E-state index is 0.0515. The van der Waals surface area contributed by atoms with Crippen LogP contribution in [0.5, 0.6) is 0 Å². The Labute approximate surface area is 263 Å². The molecule has 0 bridgehead atoms. The Morgan fingerprint density at radius 1 is 0.909 bits per heavy atom. The Hall–Kier alpha value is -3.18. The molecule has 0 aromatic rings. The van der Waals surface area contributed by atoms with E-state index in [4.69, 9.17) is 5.73 Å². The highest BCUT2D eigenvalue weighted by Gasteiger charge is 2.48. The number of hydrogen-bond acceptors (Lipinski definition) is 6. The molecular weight excluding hydrogens is 564 g/mol. The SMILES string of the molecule is CC(=O)N(C)C[C@@H](NC(=O)N[C@H](C(=O)N1CC[C@H](C(C)C)[C@H]1C(=O)NC(CC1CCC1)C(=O)C(N)=O)C(C)(C)C)C(C)(C)C. The Balaban J connectivity index is 2.32. The van der Waals surface area contributed by atoms with Crippen LogP contribution in [0.4, 0.5) is 4.79 Å². The highest BCUT2D eigenvalue weighted by molar-refractivity contribution is 6.37. The molecule has 1 heterocycles. The molecule has 1 saturated carbocycles. The second-order valence-corrected chi connectivity index (χ2v) is 15.2.